The number of halogens is 1. The highest BCUT2D eigenvalue weighted by molar-refractivity contribution is 14.0. The first-order chi connectivity index (χ1) is 10.2. The highest BCUT2D eigenvalue weighted by atomic mass is 127. The molecule has 0 aromatic carbocycles. The van der Waals surface area contributed by atoms with Crippen molar-refractivity contribution in [2.75, 3.05) is 40.5 Å². The SMILES string of the molecule is CN=C(NCc1ccnc(C)n1)N1CCOC(COC)C1.I. The quantitative estimate of drug-likeness (QED) is 0.441. The van der Waals surface area contributed by atoms with E-state index in [1.165, 1.54) is 0 Å². The van der Waals surface area contributed by atoms with Gasteiger partial charge in [0.2, 0.25) is 0 Å². The van der Waals surface area contributed by atoms with E-state index in [1.54, 1.807) is 20.4 Å². The number of aryl methyl sites for hydroxylation is 1. The van der Waals surface area contributed by atoms with Gasteiger partial charge in [-0.2, -0.15) is 0 Å². The molecule has 1 aromatic rings. The third kappa shape index (κ3) is 5.65. The van der Waals surface area contributed by atoms with Gasteiger partial charge in [0.15, 0.2) is 5.96 Å². The van der Waals surface area contributed by atoms with E-state index in [9.17, 15) is 0 Å². The van der Waals surface area contributed by atoms with Crippen LogP contribution < -0.4 is 5.32 Å². The Hall–Kier alpha value is -1.00. The number of morpholine rings is 1. The Bertz CT molecular complexity index is 484. The van der Waals surface area contributed by atoms with Gasteiger partial charge in [0.25, 0.3) is 0 Å². The zero-order chi connectivity index (χ0) is 15.1. The van der Waals surface area contributed by atoms with Crippen molar-refractivity contribution >= 4 is 29.9 Å². The highest BCUT2D eigenvalue weighted by Gasteiger charge is 2.22. The van der Waals surface area contributed by atoms with Gasteiger partial charge in [0.05, 0.1) is 31.6 Å². The van der Waals surface area contributed by atoms with Crippen LogP contribution in [-0.2, 0) is 16.0 Å². The standard InChI is InChI=1S/C14H23N5O2.HI/c1-11-16-5-4-12(18-11)8-17-14(15-2)19-6-7-21-13(9-19)10-20-3;/h4-5,13H,6-10H2,1-3H3,(H,15,17);1H. The lowest BCUT2D eigenvalue weighted by Gasteiger charge is -2.34. The molecule has 2 rings (SSSR count). The lowest BCUT2D eigenvalue weighted by molar-refractivity contribution is -0.0447. The molecule has 0 aliphatic carbocycles. The molecule has 1 aliphatic rings. The van der Waals surface area contributed by atoms with E-state index < -0.39 is 0 Å². The van der Waals surface area contributed by atoms with E-state index in [-0.39, 0.29) is 30.1 Å². The van der Waals surface area contributed by atoms with Crippen LogP contribution in [0.25, 0.3) is 0 Å². The van der Waals surface area contributed by atoms with Gasteiger partial charge in [-0.25, -0.2) is 9.97 Å². The Kier molecular flexibility index (Phi) is 8.57. The predicted molar refractivity (Wildman–Crippen MR) is 95.6 cm³/mol. The van der Waals surface area contributed by atoms with Crippen molar-refractivity contribution in [2.45, 2.75) is 19.6 Å². The van der Waals surface area contributed by atoms with E-state index in [0.29, 0.717) is 19.8 Å². The molecule has 0 amide bonds. The van der Waals surface area contributed by atoms with E-state index in [0.717, 1.165) is 30.6 Å². The first-order valence-corrected chi connectivity index (χ1v) is 7.07. The van der Waals surface area contributed by atoms with Crippen molar-refractivity contribution in [3.8, 4) is 0 Å². The molecule has 1 aliphatic heterocycles. The summed E-state index contributed by atoms with van der Waals surface area (Å²) < 4.78 is 10.8. The average molecular weight is 421 g/mol. The summed E-state index contributed by atoms with van der Waals surface area (Å²) in [6.07, 6.45) is 1.86. The molecule has 22 heavy (non-hydrogen) atoms. The van der Waals surface area contributed by atoms with Crippen molar-refractivity contribution in [1.29, 1.82) is 0 Å². The predicted octanol–water partition coefficient (Wildman–Crippen LogP) is 0.826. The molecule has 8 heteroatoms. The van der Waals surface area contributed by atoms with Crippen LogP contribution in [0.1, 0.15) is 11.5 Å². The van der Waals surface area contributed by atoms with Crippen LogP contribution in [0.3, 0.4) is 0 Å². The number of hydrogen-bond acceptors (Lipinski definition) is 5. The van der Waals surface area contributed by atoms with Crippen molar-refractivity contribution in [3.63, 3.8) is 0 Å². The van der Waals surface area contributed by atoms with Crippen LogP contribution in [0.5, 0.6) is 0 Å². The molecule has 124 valence electrons. The molecule has 1 fully saturated rings. The number of aliphatic imine (C=N–C) groups is 1. The zero-order valence-corrected chi connectivity index (χ0v) is 15.6. The zero-order valence-electron chi connectivity index (χ0n) is 13.3. The lowest BCUT2D eigenvalue weighted by Crippen LogP contribution is -2.51. The molecule has 0 radical (unpaired) electrons. The normalized spacial score (nSPS) is 18.8. The Balaban J connectivity index is 0.00000242. The van der Waals surface area contributed by atoms with Gasteiger partial charge in [-0.15, -0.1) is 24.0 Å². The smallest absolute Gasteiger partial charge is 0.194 e. The number of methoxy groups -OCH3 is 1. The largest absolute Gasteiger partial charge is 0.382 e. The van der Waals surface area contributed by atoms with E-state index >= 15 is 0 Å². The van der Waals surface area contributed by atoms with Crippen LogP contribution in [0.2, 0.25) is 0 Å². The van der Waals surface area contributed by atoms with Crippen molar-refractivity contribution < 1.29 is 9.47 Å². The van der Waals surface area contributed by atoms with Crippen molar-refractivity contribution in [3.05, 3.63) is 23.8 Å². The van der Waals surface area contributed by atoms with Crippen LogP contribution in [0.4, 0.5) is 0 Å². The summed E-state index contributed by atoms with van der Waals surface area (Å²) in [5, 5.41) is 3.33. The summed E-state index contributed by atoms with van der Waals surface area (Å²) in [4.78, 5) is 15.0. The van der Waals surface area contributed by atoms with Crippen molar-refractivity contribution in [2.24, 2.45) is 4.99 Å². The second-order valence-corrected chi connectivity index (χ2v) is 4.89. The second kappa shape index (κ2) is 9.90. The minimum absolute atomic E-state index is 0. The fourth-order valence-electron chi connectivity index (χ4n) is 2.30. The van der Waals surface area contributed by atoms with Crippen LogP contribution >= 0.6 is 24.0 Å². The Morgan fingerprint density at radius 2 is 2.41 bits per heavy atom. The Labute approximate surface area is 148 Å². The fraction of sp³-hybridized carbons (Fsp3) is 0.643. The van der Waals surface area contributed by atoms with Crippen LogP contribution in [0.15, 0.2) is 17.3 Å². The summed E-state index contributed by atoms with van der Waals surface area (Å²) in [5.41, 5.74) is 0.949. The van der Waals surface area contributed by atoms with Crippen molar-refractivity contribution in [1.82, 2.24) is 20.2 Å². The Morgan fingerprint density at radius 3 is 3.09 bits per heavy atom. The molecule has 0 spiro atoms. The second-order valence-electron chi connectivity index (χ2n) is 4.89. The fourth-order valence-corrected chi connectivity index (χ4v) is 2.30. The van der Waals surface area contributed by atoms with Gasteiger partial charge in [-0.05, 0) is 13.0 Å². The molecule has 1 aromatic heterocycles. The highest BCUT2D eigenvalue weighted by Crippen LogP contribution is 2.06. The number of nitrogens with one attached hydrogen (secondary N) is 1. The molecule has 0 bridgehead atoms. The minimum atomic E-state index is 0. The Morgan fingerprint density at radius 1 is 1.59 bits per heavy atom. The van der Waals surface area contributed by atoms with Gasteiger partial charge in [0, 0.05) is 33.4 Å². The third-order valence-electron chi connectivity index (χ3n) is 3.26. The van der Waals surface area contributed by atoms with Gasteiger partial charge in [0.1, 0.15) is 5.82 Å². The maximum absolute atomic E-state index is 5.65. The molecular weight excluding hydrogens is 397 g/mol. The maximum Gasteiger partial charge on any atom is 0.194 e. The van der Waals surface area contributed by atoms with Gasteiger partial charge in [-0.3, -0.25) is 4.99 Å². The molecule has 2 heterocycles. The molecule has 1 N–H and O–H groups in total. The molecule has 7 nitrogen and oxygen atoms in total. The first-order valence-electron chi connectivity index (χ1n) is 7.07. The first kappa shape index (κ1) is 19.0. The average Bonchev–Trinajstić information content (AvgIpc) is 2.49. The summed E-state index contributed by atoms with van der Waals surface area (Å²) in [6.45, 7) is 5.39. The lowest BCUT2D eigenvalue weighted by atomic mass is 10.3. The number of nitrogens with zero attached hydrogens (tertiary/aromatic N) is 4. The third-order valence-corrected chi connectivity index (χ3v) is 3.26. The summed E-state index contributed by atoms with van der Waals surface area (Å²) >= 11 is 0. The molecule has 1 atom stereocenters. The topological polar surface area (TPSA) is 71.9 Å². The molecule has 1 saturated heterocycles. The van der Waals surface area contributed by atoms with Crippen LogP contribution in [0, 0.1) is 6.92 Å². The summed E-state index contributed by atoms with van der Waals surface area (Å²) in [6, 6.07) is 1.90. The van der Waals surface area contributed by atoms with E-state index in [1.807, 2.05) is 13.0 Å². The number of hydrogen-bond donors (Lipinski definition) is 1. The maximum atomic E-state index is 5.65. The van der Waals surface area contributed by atoms with Crippen LogP contribution in [-0.4, -0.2) is 67.4 Å². The molecule has 1 unspecified atom stereocenters. The number of rotatable bonds is 4. The van der Waals surface area contributed by atoms with E-state index in [2.05, 4.69) is 25.2 Å². The minimum Gasteiger partial charge on any atom is -0.382 e. The molecule has 0 saturated carbocycles. The monoisotopic (exact) mass is 421 g/mol. The van der Waals surface area contributed by atoms with Gasteiger partial charge in [-0.1, -0.05) is 0 Å². The van der Waals surface area contributed by atoms with Gasteiger partial charge >= 0.3 is 0 Å². The molecular formula is C14H24IN5O2. The van der Waals surface area contributed by atoms with Gasteiger partial charge < -0.3 is 19.7 Å². The van der Waals surface area contributed by atoms with E-state index in [4.69, 9.17) is 9.47 Å². The number of ether oxygens (including phenoxy) is 2. The number of guanidine groups is 1. The number of aromatic nitrogens is 2. The summed E-state index contributed by atoms with van der Waals surface area (Å²) in [7, 11) is 3.47. The summed E-state index contributed by atoms with van der Waals surface area (Å²) in [5.74, 6) is 1.63.